The van der Waals surface area contributed by atoms with E-state index >= 15 is 0 Å². The second-order valence-electron chi connectivity index (χ2n) is 8.31. The van der Waals surface area contributed by atoms with Crippen LogP contribution in [0.15, 0.2) is 100 Å². The first-order valence-electron chi connectivity index (χ1n) is 11.0. The van der Waals surface area contributed by atoms with E-state index in [0.717, 1.165) is 11.1 Å². The predicted molar refractivity (Wildman–Crippen MR) is 131 cm³/mol. The van der Waals surface area contributed by atoms with Crippen molar-refractivity contribution in [1.82, 2.24) is 0 Å². The van der Waals surface area contributed by atoms with Gasteiger partial charge in [0.15, 0.2) is 6.10 Å². The maximum Gasteiger partial charge on any atom is 0.344 e. The van der Waals surface area contributed by atoms with E-state index < -0.39 is 17.6 Å². The Morgan fingerprint density at radius 2 is 1.71 bits per heavy atom. The van der Waals surface area contributed by atoms with Gasteiger partial charge in [0, 0.05) is 5.69 Å². The van der Waals surface area contributed by atoms with Gasteiger partial charge in [-0.3, -0.25) is 4.79 Å². The number of hydrogen-bond donors (Lipinski definition) is 1. The number of carbonyl (C=O) groups is 1. The fourth-order valence-electron chi connectivity index (χ4n) is 4.14. The zero-order chi connectivity index (χ0) is 23.7. The number of fused-ring (bicyclic) bond motifs is 3. The minimum Gasteiger partial charge on any atom is -0.489 e. The van der Waals surface area contributed by atoms with Crippen LogP contribution < -0.4 is 20.4 Å². The molecule has 0 saturated heterocycles. The molecular weight excluding hydrogens is 430 g/mol. The molecule has 5 rings (SSSR count). The molecule has 0 bridgehead atoms. The summed E-state index contributed by atoms with van der Waals surface area (Å²) in [5, 5.41) is 3.55. The third kappa shape index (κ3) is 4.06. The van der Waals surface area contributed by atoms with Crippen molar-refractivity contribution in [3.05, 3.63) is 113 Å². The summed E-state index contributed by atoms with van der Waals surface area (Å²) < 4.78 is 17.5. The number of para-hydroxylation sites is 2. The van der Waals surface area contributed by atoms with Crippen molar-refractivity contribution in [2.45, 2.75) is 18.9 Å². The van der Waals surface area contributed by atoms with Gasteiger partial charge >= 0.3 is 5.63 Å². The summed E-state index contributed by atoms with van der Waals surface area (Å²) in [6, 6.07) is 23.6. The Morgan fingerprint density at radius 1 is 1.00 bits per heavy atom. The Bertz CT molecular complexity index is 1420. The number of anilines is 1. The van der Waals surface area contributed by atoms with Crippen molar-refractivity contribution in [3.63, 3.8) is 0 Å². The summed E-state index contributed by atoms with van der Waals surface area (Å²) in [6.07, 6.45) is -0.953. The van der Waals surface area contributed by atoms with E-state index in [4.69, 9.17) is 13.9 Å². The van der Waals surface area contributed by atoms with Crippen molar-refractivity contribution in [2.24, 2.45) is 0 Å². The molecule has 1 aliphatic heterocycles. The molecule has 1 amide bonds. The van der Waals surface area contributed by atoms with Crippen molar-refractivity contribution in [2.75, 3.05) is 11.9 Å². The molecule has 1 N–H and O–H groups in total. The Balaban J connectivity index is 1.57. The Morgan fingerprint density at radius 3 is 2.44 bits per heavy atom. The summed E-state index contributed by atoms with van der Waals surface area (Å²) in [6.45, 7) is 6.14. The van der Waals surface area contributed by atoms with Crippen LogP contribution in [0.1, 0.15) is 24.0 Å². The van der Waals surface area contributed by atoms with Gasteiger partial charge < -0.3 is 19.2 Å². The van der Waals surface area contributed by atoms with Crippen LogP contribution in [-0.2, 0) is 4.79 Å². The van der Waals surface area contributed by atoms with E-state index in [1.807, 2.05) is 61.5 Å². The van der Waals surface area contributed by atoms with Crippen molar-refractivity contribution in [3.8, 4) is 11.5 Å². The smallest absolute Gasteiger partial charge is 0.344 e. The molecule has 6 heteroatoms. The highest BCUT2D eigenvalue weighted by molar-refractivity contribution is 5.97. The first-order chi connectivity index (χ1) is 16.5. The van der Waals surface area contributed by atoms with E-state index in [-0.39, 0.29) is 5.91 Å². The summed E-state index contributed by atoms with van der Waals surface area (Å²) in [4.78, 5) is 26.4. The number of carbonyl (C=O) groups excluding carboxylic acids is 1. The highest BCUT2D eigenvalue weighted by Crippen LogP contribution is 2.44. The molecule has 0 saturated carbocycles. The Hall–Kier alpha value is -4.32. The molecule has 1 aromatic heterocycles. The monoisotopic (exact) mass is 453 g/mol. The fraction of sp³-hybridized carbons (Fsp3) is 0.143. The lowest BCUT2D eigenvalue weighted by Crippen LogP contribution is -2.35. The molecule has 3 aromatic carbocycles. The summed E-state index contributed by atoms with van der Waals surface area (Å²) >= 11 is 0. The van der Waals surface area contributed by atoms with Gasteiger partial charge in [-0.05, 0) is 54.5 Å². The van der Waals surface area contributed by atoms with Gasteiger partial charge in [-0.15, -0.1) is 0 Å². The van der Waals surface area contributed by atoms with Crippen LogP contribution in [0.4, 0.5) is 5.69 Å². The molecule has 0 spiro atoms. The number of nitrogens with one attached hydrogen (secondary N) is 1. The first-order valence-corrected chi connectivity index (χ1v) is 11.0. The van der Waals surface area contributed by atoms with Crippen molar-refractivity contribution >= 4 is 22.6 Å². The Labute approximate surface area is 196 Å². The van der Waals surface area contributed by atoms with Crippen LogP contribution in [0.3, 0.4) is 0 Å². The van der Waals surface area contributed by atoms with E-state index in [9.17, 15) is 9.59 Å². The molecule has 2 heterocycles. The quantitative estimate of drug-likeness (QED) is 0.318. The molecular formula is C28H23NO5. The van der Waals surface area contributed by atoms with Gasteiger partial charge in [0.05, 0.1) is 16.9 Å². The maximum atomic E-state index is 13.4. The summed E-state index contributed by atoms with van der Waals surface area (Å²) in [5.41, 5.74) is 2.53. The van der Waals surface area contributed by atoms with Crippen LogP contribution >= 0.6 is 0 Å². The highest BCUT2D eigenvalue weighted by Gasteiger charge is 2.44. The molecule has 0 radical (unpaired) electrons. The van der Waals surface area contributed by atoms with E-state index in [2.05, 4.69) is 11.9 Å². The van der Waals surface area contributed by atoms with Gasteiger partial charge in [-0.2, -0.15) is 0 Å². The topological polar surface area (TPSA) is 77.8 Å². The maximum absolute atomic E-state index is 13.4. The zero-order valence-electron chi connectivity index (χ0n) is 18.6. The lowest BCUT2D eigenvalue weighted by Gasteiger charge is -2.19. The summed E-state index contributed by atoms with van der Waals surface area (Å²) in [5.74, 6) is 0.0580. The highest BCUT2D eigenvalue weighted by atomic mass is 16.5. The zero-order valence-corrected chi connectivity index (χ0v) is 18.6. The third-order valence-corrected chi connectivity index (χ3v) is 5.68. The van der Waals surface area contributed by atoms with Crippen molar-refractivity contribution in [1.29, 1.82) is 0 Å². The third-order valence-electron chi connectivity index (χ3n) is 5.68. The SMILES string of the molecule is C=C(C)COc1ccc([C@@H]2c3c(c4ccccc4oc3=O)O[C@H]2C(=O)Nc2ccccc2)cc1. The van der Waals surface area contributed by atoms with E-state index in [1.54, 1.807) is 24.3 Å². The minimum absolute atomic E-state index is 0.336. The number of benzene rings is 3. The normalized spacial score (nSPS) is 16.5. The molecule has 34 heavy (non-hydrogen) atoms. The fourth-order valence-corrected chi connectivity index (χ4v) is 4.14. The lowest BCUT2D eigenvalue weighted by molar-refractivity contribution is -0.122. The number of rotatable bonds is 6. The molecule has 6 nitrogen and oxygen atoms in total. The van der Waals surface area contributed by atoms with Gasteiger partial charge in [0.2, 0.25) is 0 Å². The van der Waals surface area contributed by atoms with E-state index in [0.29, 0.717) is 40.3 Å². The first kappa shape index (κ1) is 21.5. The van der Waals surface area contributed by atoms with Gasteiger partial charge in [-0.25, -0.2) is 4.79 Å². The van der Waals surface area contributed by atoms with Gasteiger partial charge in [-0.1, -0.05) is 49.0 Å². The van der Waals surface area contributed by atoms with Crippen LogP contribution in [0.5, 0.6) is 11.5 Å². The summed E-state index contributed by atoms with van der Waals surface area (Å²) in [7, 11) is 0. The largest absolute Gasteiger partial charge is 0.489 e. The minimum atomic E-state index is -0.953. The second-order valence-corrected chi connectivity index (χ2v) is 8.31. The van der Waals surface area contributed by atoms with Crippen LogP contribution in [0, 0.1) is 0 Å². The molecule has 2 atom stereocenters. The molecule has 1 aliphatic rings. The standard InChI is InChI=1S/C28H23NO5/c1-17(2)16-32-20-14-12-18(13-15-20)23-24-25(21-10-6-7-11-22(21)33-28(24)31)34-26(23)27(30)29-19-8-4-3-5-9-19/h3-15,23,26H,1,16H2,2H3,(H,29,30)/t23-,26-/m1/s1. The molecule has 4 aromatic rings. The molecule has 0 aliphatic carbocycles. The number of ether oxygens (including phenoxy) is 2. The average molecular weight is 453 g/mol. The molecule has 0 fully saturated rings. The second kappa shape index (κ2) is 8.90. The van der Waals surface area contributed by atoms with Crippen LogP contribution in [0.25, 0.3) is 11.0 Å². The Kier molecular flexibility index (Phi) is 5.64. The van der Waals surface area contributed by atoms with Gasteiger partial charge in [0.1, 0.15) is 23.7 Å². The number of amides is 1. The molecule has 170 valence electrons. The van der Waals surface area contributed by atoms with Crippen LogP contribution in [0.2, 0.25) is 0 Å². The van der Waals surface area contributed by atoms with Gasteiger partial charge in [0.25, 0.3) is 5.91 Å². The van der Waals surface area contributed by atoms with E-state index in [1.165, 1.54) is 0 Å². The lowest BCUT2D eigenvalue weighted by atomic mass is 9.88. The predicted octanol–water partition coefficient (Wildman–Crippen LogP) is 5.28. The van der Waals surface area contributed by atoms with Crippen LogP contribution in [-0.4, -0.2) is 18.6 Å². The van der Waals surface area contributed by atoms with Crippen molar-refractivity contribution < 1.29 is 18.7 Å². The number of hydrogen-bond acceptors (Lipinski definition) is 5. The average Bonchev–Trinajstić information content (AvgIpc) is 3.26. The molecule has 0 unspecified atom stereocenters.